The van der Waals surface area contributed by atoms with Gasteiger partial charge in [-0.15, -0.1) is 0 Å². The summed E-state index contributed by atoms with van der Waals surface area (Å²) in [5, 5.41) is 6.14. The van der Waals surface area contributed by atoms with E-state index in [9.17, 15) is 9.59 Å². The summed E-state index contributed by atoms with van der Waals surface area (Å²) in [6, 6.07) is 0. The summed E-state index contributed by atoms with van der Waals surface area (Å²) in [6.07, 6.45) is 4.02. The maximum Gasteiger partial charge on any atom is 0.356 e. The van der Waals surface area contributed by atoms with E-state index >= 15 is 0 Å². The Morgan fingerprint density at radius 1 is 1.40 bits per heavy atom. The third-order valence-electron chi connectivity index (χ3n) is 1.66. The first kappa shape index (κ1) is 11.0. The van der Waals surface area contributed by atoms with E-state index in [1.54, 1.807) is 0 Å². The first-order valence-corrected chi connectivity index (χ1v) is 4.06. The molecule has 80 valence electrons. The topological polar surface area (TPSA) is 81.3 Å². The number of carbonyl (C=O) groups is 2. The fourth-order valence-corrected chi connectivity index (χ4v) is 0.913. The molecule has 1 heterocycles. The number of ether oxygens (including phenoxy) is 2. The van der Waals surface area contributed by atoms with E-state index in [4.69, 9.17) is 0 Å². The average Bonchev–Trinajstić information content (AvgIpc) is 2.72. The minimum absolute atomic E-state index is 0.192. The number of aromatic nitrogens is 2. The van der Waals surface area contributed by atoms with Gasteiger partial charge >= 0.3 is 11.9 Å². The largest absolute Gasteiger partial charge is 0.466 e. The molecule has 15 heavy (non-hydrogen) atoms. The first-order chi connectivity index (χ1) is 7.19. The quantitative estimate of drug-likeness (QED) is 0.576. The molecule has 1 aromatic heterocycles. The van der Waals surface area contributed by atoms with E-state index in [-0.39, 0.29) is 5.69 Å². The molecule has 1 rings (SSSR count). The van der Waals surface area contributed by atoms with Crippen molar-refractivity contribution in [1.29, 1.82) is 0 Å². The molecule has 0 saturated heterocycles. The molecule has 0 amide bonds. The second kappa shape index (κ2) is 4.94. The SMILES string of the molecule is COC(=O)C=Cc1cn[nH]c1C(=O)OC. The molecule has 0 aliphatic rings. The smallest absolute Gasteiger partial charge is 0.356 e. The van der Waals surface area contributed by atoms with Crippen molar-refractivity contribution in [3.63, 3.8) is 0 Å². The first-order valence-electron chi connectivity index (χ1n) is 4.06. The number of nitrogens with one attached hydrogen (secondary N) is 1. The van der Waals surface area contributed by atoms with Gasteiger partial charge in [-0.25, -0.2) is 9.59 Å². The Kier molecular flexibility index (Phi) is 3.61. The van der Waals surface area contributed by atoms with E-state index < -0.39 is 11.9 Å². The monoisotopic (exact) mass is 210 g/mol. The summed E-state index contributed by atoms with van der Waals surface area (Å²) in [5.41, 5.74) is 0.657. The van der Waals surface area contributed by atoms with E-state index in [2.05, 4.69) is 19.7 Å². The number of aromatic amines is 1. The van der Waals surface area contributed by atoms with E-state index in [0.29, 0.717) is 5.56 Å². The van der Waals surface area contributed by atoms with Gasteiger partial charge in [0.15, 0.2) is 5.69 Å². The Bertz CT molecular complexity index is 395. The molecule has 0 saturated carbocycles. The zero-order valence-electron chi connectivity index (χ0n) is 8.31. The van der Waals surface area contributed by atoms with Gasteiger partial charge in [-0.05, 0) is 6.08 Å². The highest BCUT2D eigenvalue weighted by atomic mass is 16.5. The lowest BCUT2D eigenvalue weighted by Crippen LogP contribution is -2.03. The maximum atomic E-state index is 11.2. The van der Waals surface area contributed by atoms with Crippen molar-refractivity contribution in [1.82, 2.24) is 10.2 Å². The second-order valence-corrected chi connectivity index (χ2v) is 2.55. The maximum absolute atomic E-state index is 11.2. The Labute approximate surface area is 85.9 Å². The van der Waals surface area contributed by atoms with Crippen LogP contribution in [0.15, 0.2) is 12.3 Å². The fraction of sp³-hybridized carbons (Fsp3) is 0.222. The van der Waals surface area contributed by atoms with E-state index in [1.807, 2.05) is 0 Å². The van der Waals surface area contributed by atoms with Crippen LogP contribution in [0.5, 0.6) is 0 Å². The molecule has 0 fully saturated rings. The van der Waals surface area contributed by atoms with Crippen molar-refractivity contribution in [2.75, 3.05) is 14.2 Å². The lowest BCUT2D eigenvalue weighted by molar-refractivity contribution is -0.134. The molecule has 0 spiro atoms. The van der Waals surface area contributed by atoms with Crippen LogP contribution in [0.25, 0.3) is 6.08 Å². The van der Waals surface area contributed by atoms with Crippen LogP contribution in [0.1, 0.15) is 16.1 Å². The number of hydrogen-bond donors (Lipinski definition) is 1. The van der Waals surface area contributed by atoms with Gasteiger partial charge in [-0.2, -0.15) is 5.10 Å². The van der Waals surface area contributed by atoms with Crippen LogP contribution in [-0.2, 0) is 14.3 Å². The molecule has 0 aliphatic heterocycles. The van der Waals surface area contributed by atoms with Crippen LogP contribution in [-0.4, -0.2) is 36.4 Å². The summed E-state index contributed by atoms with van der Waals surface area (Å²) in [4.78, 5) is 22.0. The van der Waals surface area contributed by atoms with Crippen LogP contribution >= 0.6 is 0 Å². The van der Waals surface area contributed by atoms with Gasteiger partial charge in [0, 0.05) is 11.6 Å². The standard InChI is InChI=1S/C9H10N2O4/c1-14-7(12)4-3-6-5-10-11-8(6)9(13)15-2/h3-5H,1-2H3,(H,10,11). The van der Waals surface area contributed by atoms with Crippen LogP contribution in [0.2, 0.25) is 0 Å². The molecule has 1 N–H and O–H groups in total. The number of rotatable bonds is 3. The van der Waals surface area contributed by atoms with Crippen LogP contribution in [0.3, 0.4) is 0 Å². The third kappa shape index (κ3) is 2.67. The summed E-state index contributed by atoms with van der Waals surface area (Å²) in [5.74, 6) is -1.05. The summed E-state index contributed by atoms with van der Waals surface area (Å²) in [7, 11) is 2.53. The van der Waals surface area contributed by atoms with Crippen molar-refractivity contribution >= 4 is 18.0 Å². The van der Waals surface area contributed by atoms with Crippen molar-refractivity contribution in [3.8, 4) is 0 Å². The van der Waals surface area contributed by atoms with Crippen molar-refractivity contribution < 1.29 is 19.1 Å². The second-order valence-electron chi connectivity index (χ2n) is 2.55. The van der Waals surface area contributed by atoms with Crippen LogP contribution < -0.4 is 0 Å². The minimum Gasteiger partial charge on any atom is -0.466 e. The fourth-order valence-electron chi connectivity index (χ4n) is 0.913. The number of hydrogen-bond acceptors (Lipinski definition) is 5. The summed E-state index contributed by atoms with van der Waals surface area (Å²) >= 11 is 0. The van der Waals surface area contributed by atoms with Crippen molar-refractivity contribution in [2.45, 2.75) is 0 Å². The lowest BCUT2D eigenvalue weighted by atomic mass is 10.2. The summed E-state index contributed by atoms with van der Waals surface area (Å²) < 4.78 is 8.91. The molecule has 0 radical (unpaired) electrons. The third-order valence-corrected chi connectivity index (χ3v) is 1.66. The van der Waals surface area contributed by atoms with E-state index in [0.717, 1.165) is 0 Å². The van der Waals surface area contributed by atoms with E-state index in [1.165, 1.54) is 32.6 Å². The zero-order valence-corrected chi connectivity index (χ0v) is 8.31. The van der Waals surface area contributed by atoms with Crippen LogP contribution in [0, 0.1) is 0 Å². The van der Waals surface area contributed by atoms with Gasteiger partial charge in [-0.1, -0.05) is 0 Å². The molecule has 0 bridgehead atoms. The molecule has 0 aromatic carbocycles. The number of esters is 2. The molecule has 1 aromatic rings. The molecule has 0 unspecified atom stereocenters. The zero-order chi connectivity index (χ0) is 11.3. The normalized spacial score (nSPS) is 10.3. The number of nitrogens with zero attached hydrogens (tertiary/aromatic N) is 1. The van der Waals surface area contributed by atoms with Gasteiger partial charge in [0.05, 0.1) is 20.4 Å². The number of carbonyl (C=O) groups excluding carboxylic acids is 2. The van der Waals surface area contributed by atoms with Gasteiger partial charge in [0.1, 0.15) is 0 Å². The lowest BCUT2D eigenvalue weighted by Gasteiger charge is -1.95. The highest BCUT2D eigenvalue weighted by Gasteiger charge is 2.11. The molecular weight excluding hydrogens is 200 g/mol. The highest BCUT2D eigenvalue weighted by molar-refractivity contribution is 5.94. The highest BCUT2D eigenvalue weighted by Crippen LogP contribution is 2.08. The Morgan fingerprint density at radius 2 is 2.13 bits per heavy atom. The van der Waals surface area contributed by atoms with Crippen LogP contribution in [0.4, 0.5) is 0 Å². The Hall–Kier alpha value is -2.11. The summed E-state index contributed by atoms with van der Waals surface area (Å²) in [6.45, 7) is 0. The minimum atomic E-state index is -0.544. The van der Waals surface area contributed by atoms with Gasteiger partial charge in [0.25, 0.3) is 0 Å². The predicted octanol–water partition coefficient (Wildman–Crippen LogP) is 0.382. The molecule has 6 heteroatoms. The molecule has 0 aliphatic carbocycles. The van der Waals surface area contributed by atoms with Gasteiger partial charge in [-0.3, -0.25) is 5.10 Å². The molecule has 6 nitrogen and oxygen atoms in total. The van der Waals surface area contributed by atoms with Gasteiger partial charge < -0.3 is 9.47 Å². The Morgan fingerprint density at radius 3 is 2.73 bits per heavy atom. The number of methoxy groups -OCH3 is 2. The molecule has 0 atom stereocenters. The predicted molar refractivity (Wildman–Crippen MR) is 51.0 cm³/mol. The molecular formula is C9H10N2O4. The van der Waals surface area contributed by atoms with Gasteiger partial charge in [0.2, 0.25) is 0 Å². The average molecular weight is 210 g/mol. The Balaban J connectivity index is 2.86. The van der Waals surface area contributed by atoms with Crippen molar-refractivity contribution in [3.05, 3.63) is 23.5 Å². The van der Waals surface area contributed by atoms with Crippen molar-refractivity contribution in [2.24, 2.45) is 0 Å². The number of H-pyrrole nitrogens is 1.